The van der Waals surface area contributed by atoms with Crippen LogP contribution in [0.3, 0.4) is 0 Å². The topological polar surface area (TPSA) is 63.4 Å². The normalized spacial score (nSPS) is 18.2. The molecule has 5 heteroatoms. The van der Waals surface area contributed by atoms with E-state index < -0.39 is 0 Å². The Morgan fingerprint density at radius 2 is 1.93 bits per heavy atom. The minimum atomic E-state index is -0.238. The molecule has 0 radical (unpaired) electrons. The molecule has 0 bridgehead atoms. The fourth-order valence-electron chi connectivity index (χ4n) is 1.65. The first-order valence-corrected chi connectivity index (χ1v) is 5.90. The molecule has 1 aliphatic heterocycles. The summed E-state index contributed by atoms with van der Waals surface area (Å²) >= 11 is 3.23. The fraction of sp³-hybridized carbons (Fsp3) is 0.778. The van der Waals surface area contributed by atoms with E-state index in [4.69, 9.17) is 5.73 Å². The quantitative estimate of drug-likeness (QED) is 0.753. The predicted molar refractivity (Wildman–Crippen MR) is 56.9 cm³/mol. The van der Waals surface area contributed by atoms with Crippen molar-refractivity contribution in [3.63, 3.8) is 0 Å². The van der Waals surface area contributed by atoms with Crippen molar-refractivity contribution in [2.45, 2.75) is 19.3 Å². The van der Waals surface area contributed by atoms with Gasteiger partial charge in [0.05, 0.1) is 0 Å². The van der Waals surface area contributed by atoms with E-state index in [1.54, 1.807) is 4.90 Å². The van der Waals surface area contributed by atoms with E-state index in [-0.39, 0.29) is 17.7 Å². The Labute approximate surface area is 91.9 Å². The average Bonchev–Trinajstić information content (AvgIpc) is 2.18. The van der Waals surface area contributed by atoms with Crippen molar-refractivity contribution in [2.24, 2.45) is 11.7 Å². The highest BCUT2D eigenvalue weighted by molar-refractivity contribution is 9.09. The van der Waals surface area contributed by atoms with Crippen LogP contribution in [-0.4, -0.2) is 35.1 Å². The van der Waals surface area contributed by atoms with Gasteiger partial charge in [0.25, 0.3) is 0 Å². The van der Waals surface area contributed by atoms with Crippen LogP contribution in [0.15, 0.2) is 0 Å². The van der Waals surface area contributed by atoms with Gasteiger partial charge in [0.15, 0.2) is 0 Å². The largest absolute Gasteiger partial charge is 0.369 e. The minimum Gasteiger partial charge on any atom is -0.369 e. The van der Waals surface area contributed by atoms with Gasteiger partial charge in [0, 0.05) is 30.8 Å². The Morgan fingerprint density at radius 3 is 2.36 bits per heavy atom. The summed E-state index contributed by atoms with van der Waals surface area (Å²) in [6.45, 7) is 1.33. The Morgan fingerprint density at radius 1 is 1.36 bits per heavy atom. The van der Waals surface area contributed by atoms with Crippen molar-refractivity contribution in [1.29, 1.82) is 0 Å². The summed E-state index contributed by atoms with van der Waals surface area (Å²) in [7, 11) is 0. The Hall–Kier alpha value is -0.580. The lowest BCUT2D eigenvalue weighted by molar-refractivity contribution is -0.134. The highest BCUT2D eigenvalue weighted by Crippen LogP contribution is 2.17. The molecular formula is C9H15BrN2O2. The van der Waals surface area contributed by atoms with Gasteiger partial charge in [-0.2, -0.15) is 0 Å². The van der Waals surface area contributed by atoms with Crippen LogP contribution in [-0.2, 0) is 9.59 Å². The van der Waals surface area contributed by atoms with Crippen LogP contribution >= 0.6 is 15.9 Å². The number of hydrogen-bond donors (Lipinski definition) is 1. The van der Waals surface area contributed by atoms with Crippen LogP contribution in [0.5, 0.6) is 0 Å². The number of nitrogens with zero attached hydrogens (tertiary/aromatic N) is 1. The number of piperidine rings is 1. The molecule has 1 saturated heterocycles. The molecular weight excluding hydrogens is 248 g/mol. The van der Waals surface area contributed by atoms with Gasteiger partial charge in [-0.25, -0.2) is 0 Å². The molecule has 0 atom stereocenters. The number of nitrogens with two attached hydrogens (primary N) is 1. The van der Waals surface area contributed by atoms with Gasteiger partial charge >= 0.3 is 0 Å². The molecule has 80 valence electrons. The van der Waals surface area contributed by atoms with Gasteiger partial charge in [-0.3, -0.25) is 9.59 Å². The summed E-state index contributed by atoms with van der Waals surface area (Å²) < 4.78 is 0. The monoisotopic (exact) mass is 262 g/mol. The van der Waals surface area contributed by atoms with Crippen LogP contribution in [0, 0.1) is 5.92 Å². The number of carbonyl (C=O) groups excluding carboxylic acids is 2. The second kappa shape index (κ2) is 5.34. The predicted octanol–water partition coefficient (Wildman–Crippen LogP) is 0.495. The molecule has 14 heavy (non-hydrogen) atoms. The van der Waals surface area contributed by atoms with Crippen LogP contribution in [0.2, 0.25) is 0 Å². The Kier molecular flexibility index (Phi) is 4.38. The van der Waals surface area contributed by atoms with Crippen molar-refractivity contribution in [3.8, 4) is 0 Å². The van der Waals surface area contributed by atoms with E-state index in [1.807, 2.05) is 0 Å². The molecule has 1 fully saturated rings. The number of amides is 2. The molecule has 0 aromatic rings. The zero-order chi connectivity index (χ0) is 10.6. The summed E-state index contributed by atoms with van der Waals surface area (Å²) in [5.41, 5.74) is 5.20. The second-order valence-electron chi connectivity index (χ2n) is 3.50. The first kappa shape index (κ1) is 11.5. The van der Waals surface area contributed by atoms with E-state index >= 15 is 0 Å². The fourth-order valence-corrected chi connectivity index (χ4v) is 1.99. The summed E-state index contributed by atoms with van der Waals surface area (Å²) in [6, 6.07) is 0. The standard InChI is InChI=1S/C9H15BrN2O2/c10-4-1-8(13)12-5-2-7(3-6-12)9(11)14/h7H,1-6H2,(H2,11,14). The van der Waals surface area contributed by atoms with Gasteiger partial charge < -0.3 is 10.6 Å². The van der Waals surface area contributed by atoms with Crippen LogP contribution < -0.4 is 5.73 Å². The lowest BCUT2D eigenvalue weighted by Gasteiger charge is -2.30. The zero-order valence-electron chi connectivity index (χ0n) is 8.04. The maximum absolute atomic E-state index is 11.5. The average molecular weight is 263 g/mol. The van der Waals surface area contributed by atoms with Gasteiger partial charge in [-0.1, -0.05) is 15.9 Å². The first-order chi connectivity index (χ1) is 6.65. The summed E-state index contributed by atoms with van der Waals surface area (Å²) in [6.07, 6.45) is 1.95. The SMILES string of the molecule is NC(=O)C1CCN(C(=O)CCBr)CC1. The number of alkyl halides is 1. The third kappa shape index (κ3) is 2.97. The van der Waals surface area contributed by atoms with Gasteiger partial charge in [0.2, 0.25) is 11.8 Å². The summed E-state index contributed by atoms with van der Waals surface area (Å²) in [5, 5.41) is 0.696. The summed E-state index contributed by atoms with van der Waals surface area (Å²) in [4.78, 5) is 24.1. The molecule has 1 heterocycles. The van der Waals surface area contributed by atoms with Gasteiger partial charge in [-0.05, 0) is 12.8 Å². The van der Waals surface area contributed by atoms with E-state index in [0.717, 1.165) is 0 Å². The molecule has 0 saturated carbocycles. The van der Waals surface area contributed by atoms with Crippen LogP contribution in [0.25, 0.3) is 0 Å². The Bertz CT molecular complexity index is 225. The molecule has 1 rings (SSSR count). The molecule has 1 aliphatic rings. The van der Waals surface area contributed by atoms with Crippen LogP contribution in [0.4, 0.5) is 0 Å². The van der Waals surface area contributed by atoms with E-state index in [9.17, 15) is 9.59 Å². The zero-order valence-corrected chi connectivity index (χ0v) is 9.63. The number of halogens is 1. The first-order valence-electron chi connectivity index (χ1n) is 4.78. The number of rotatable bonds is 3. The van der Waals surface area contributed by atoms with Gasteiger partial charge in [0.1, 0.15) is 0 Å². The molecule has 0 spiro atoms. The highest BCUT2D eigenvalue weighted by atomic mass is 79.9. The molecule has 2 amide bonds. The highest BCUT2D eigenvalue weighted by Gasteiger charge is 2.25. The molecule has 0 aromatic carbocycles. The summed E-state index contributed by atoms with van der Waals surface area (Å²) in [5.74, 6) is -0.120. The van der Waals surface area contributed by atoms with E-state index in [1.165, 1.54) is 0 Å². The molecule has 2 N–H and O–H groups in total. The maximum Gasteiger partial charge on any atom is 0.223 e. The second-order valence-corrected chi connectivity index (χ2v) is 4.29. The number of hydrogen-bond acceptors (Lipinski definition) is 2. The van der Waals surface area contributed by atoms with Crippen molar-refractivity contribution >= 4 is 27.7 Å². The smallest absolute Gasteiger partial charge is 0.223 e. The van der Waals surface area contributed by atoms with Crippen LogP contribution in [0.1, 0.15) is 19.3 Å². The van der Waals surface area contributed by atoms with E-state index in [0.29, 0.717) is 37.7 Å². The third-order valence-corrected chi connectivity index (χ3v) is 2.95. The van der Waals surface area contributed by atoms with Gasteiger partial charge in [-0.15, -0.1) is 0 Å². The van der Waals surface area contributed by atoms with Crippen molar-refractivity contribution < 1.29 is 9.59 Å². The van der Waals surface area contributed by atoms with Crippen molar-refractivity contribution in [2.75, 3.05) is 18.4 Å². The lowest BCUT2D eigenvalue weighted by Crippen LogP contribution is -2.41. The number of primary amides is 1. The number of likely N-dealkylation sites (tertiary alicyclic amines) is 1. The maximum atomic E-state index is 11.5. The molecule has 0 aromatic heterocycles. The third-order valence-electron chi connectivity index (χ3n) is 2.56. The van der Waals surface area contributed by atoms with Crippen molar-refractivity contribution in [1.82, 2.24) is 4.90 Å². The number of carbonyl (C=O) groups is 2. The van der Waals surface area contributed by atoms with Crippen molar-refractivity contribution in [3.05, 3.63) is 0 Å². The Balaban J connectivity index is 2.35. The minimum absolute atomic E-state index is 0.0389. The molecule has 0 unspecified atom stereocenters. The molecule has 0 aliphatic carbocycles. The lowest BCUT2D eigenvalue weighted by atomic mass is 9.96. The van der Waals surface area contributed by atoms with E-state index in [2.05, 4.69) is 15.9 Å². The molecule has 4 nitrogen and oxygen atoms in total.